The third kappa shape index (κ3) is 4.31. The molecule has 0 spiro atoms. The molecule has 0 saturated carbocycles. The molecule has 0 aliphatic rings. The van der Waals surface area contributed by atoms with Crippen LogP contribution in [0.15, 0.2) is 55.1 Å². The van der Waals surface area contributed by atoms with Gasteiger partial charge in [-0.15, -0.1) is 0 Å². The van der Waals surface area contributed by atoms with Crippen LogP contribution in [0, 0.1) is 11.6 Å². The highest BCUT2D eigenvalue weighted by Gasteiger charge is 2.11. The number of benzene rings is 1. The summed E-state index contributed by atoms with van der Waals surface area (Å²) in [5, 5.41) is 5.35. The lowest BCUT2D eigenvalue weighted by atomic mass is 10.2. The fourth-order valence-electron chi connectivity index (χ4n) is 2.00. The van der Waals surface area contributed by atoms with Crippen molar-refractivity contribution in [1.29, 1.82) is 0 Å². The molecule has 0 saturated heterocycles. The van der Waals surface area contributed by atoms with Gasteiger partial charge in [0, 0.05) is 37.4 Å². The topological polar surface area (TPSA) is 79.8 Å². The number of hydrogen-bond acceptors (Lipinski definition) is 5. The van der Waals surface area contributed by atoms with Gasteiger partial charge >= 0.3 is 0 Å². The predicted octanol–water partition coefficient (Wildman–Crippen LogP) is 3.01. The van der Waals surface area contributed by atoms with E-state index in [-0.39, 0.29) is 11.3 Å². The second-order valence-corrected chi connectivity index (χ2v) is 5.08. The fraction of sp³-hybridized carbons (Fsp3) is 0.0588. The van der Waals surface area contributed by atoms with Crippen LogP contribution < -0.4 is 10.6 Å². The maximum absolute atomic E-state index is 13.6. The Morgan fingerprint density at radius 2 is 1.76 bits per heavy atom. The number of carbonyl (C=O) groups excluding carboxylic acids is 1. The van der Waals surface area contributed by atoms with Crippen molar-refractivity contribution in [1.82, 2.24) is 15.0 Å². The number of nitrogens with zero attached hydrogens (tertiary/aromatic N) is 3. The zero-order valence-corrected chi connectivity index (χ0v) is 12.9. The summed E-state index contributed by atoms with van der Waals surface area (Å²) in [6.45, 7) is 0.509. The zero-order valence-electron chi connectivity index (χ0n) is 12.9. The van der Waals surface area contributed by atoms with Crippen LogP contribution in [0.3, 0.4) is 0 Å². The lowest BCUT2D eigenvalue weighted by molar-refractivity contribution is 0.102. The van der Waals surface area contributed by atoms with Gasteiger partial charge in [-0.3, -0.25) is 9.78 Å². The first kappa shape index (κ1) is 16.4. The molecule has 1 aromatic carbocycles. The molecule has 2 aromatic heterocycles. The van der Waals surface area contributed by atoms with Gasteiger partial charge in [0.15, 0.2) is 0 Å². The SMILES string of the molecule is O=C(Nc1ccc(F)cc1F)c1cnc(NCc2ccncc2)nc1. The van der Waals surface area contributed by atoms with Gasteiger partial charge in [-0.05, 0) is 29.8 Å². The van der Waals surface area contributed by atoms with Crippen LogP contribution >= 0.6 is 0 Å². The molecule has 2 heterocycles. The van der Waals surface area contributed by atoms with Crippen molar-refractivity contribution in [3.8, 4) is 0 Å². The van der Waals surface area contributed by atoms with Crippen LogP contribution in [0.25, 0.3) is 0 Å². The number of amides is 1. The van der Waals surface area contributed by atoms with Gasteiger partial charge in [0.2, 0.25) is 5.95 Å². The highest BCUT2D eigenvalue weighted by Crippen LogP contribution is 2.16. The Hall–Kier alpha value is -3.42. The molecule has 0 radical (unpaired) electrons. The van der Waals surface area contributed by atoms with Crippen LogP contribution in [0.5, 0.6) is 0 Å². The fourth-order valence-corrected chi connectivity index (χ4v) is 2.00. The molecule has 3 rings (SSSR count). The van der Waals surface area contributed by atoms with Crippen molar-refractivity contribution >= 4 is 17.5 Å². The smallest absolute Gasteiger partial charge is 0.258 e. The molecule has 0 bridgehead atoms. The summed E-state index contributed by atoms with van der Waals surface area (Å²) in [5.41, 5.74) is 1.04. The third-order valence-corrected chi connectivity index (χ3v) is 3.29. The Balaban J connectivity index is 1.62. The van der Waals surface area contributed by atoms with E-state index in [4.69, 9.17) is 0 Å². The summed E-state index contributed by atoms with van der Waals surface area (Å²) in [7, 11) is 0. The zero-order chi connectivity index (χ0) is 17.6. The van der Waals surface area contributed by atoms with Gasteiger partial charge in [-0.1, -0.05) is 0 Å². The monoisotopic (exact) mass is 341 g/mol. The van der Waals surface area contributed by atoms with E-state index in [1.165, 1.54) is 12.4 Å². The highest BCUT2D eigenvalue weighted by atomic mass is 19.1. The average molecular weight is 341 g/mol. The van der Waals surface area contributed by atoms with Crippen LogP contribution in [0.4, 0.5) is 20.4 Å². The first-order chi connectivity index (χ1) is 12.1. The minimum atomic E-state index is -0.857. The first-order valence-corrected chi connectivity index (χ1v) is 7.33. The van der Waals surface area contributed by atoms with Gasteiger partial charge in [0.05, 0.1) is 11.3 Å². The highest BCUT2D eigenvalue weighted by molar-refractivity contribution is 6.03. The number of nitrogens with one attached hydrogen (secondary N) is 2. The van der Waals surface area contributed by atoms with Crippen molar-refractivity contribution in [2.45, 2.75) is 6.54 Å². The lowest BCUT2D eigenvalue weighted by Crippen LogP contribution is -2.14. The number of halogens is 2. The van der Waals surface area contributed by atoms with E-state index in [9.17, 15) is 13.6 Å². The summed E-state index contributed by atoms with van der Waals surface area (Å²) < 4.78 is 26.4. The molecule has 0 fully saturated rings. The Morgan fingerprint density at radius 1 is 1.04 bits per heavy atom. The molecule has 3 aromatic rings. The quantitative estimate of drug-likeness (QED) is 0.746. The maximum atomic E-state index is 13.6. The number of anilines is 2. The second kappa shape index (κ2) is 7.43. The molecular weight excluding hydrogens is 328 g/mol. The van der Waals surface area contributed by atoms with Gasteiger partial charge in [0.25, 0.3) is 5.91 Å². The van der Waals surface area contributed by atoms with E-state index >= 15 is 0 Å². The normalized spacial score (nSPS) is 10.3. The number of pyridine rings is 1. The predicted molar refractivity (Wildman–Crippen MR) is 87.9 cm³/mol. The van der Waals surface area contributed by atoms with Gasteiger partial charge in [0.1, 0.15) is 11.6 Å². The van der Waals surface area contributed by atoms with Crippen molar-refractivity contribution < 1.29 is 13.6 Å². The molecule has 8 heteroatoms. The van der Waals surface area contributed by atoms with Crippen LogP contribution in [-0.2, 0) is 6.54 Å². The second-order valence-electron chi connectivity index (χ2n) is 5.08. The molecule has 25 heavy (non-hydrogen) atoms. The molecular formula is C17H13F2N5O. The van der Waals surface area contributed by atoms with Crippen molar-refractivity contribution in [2.75, 3.05) is 10.6 Å². The number of rotatable bonds is 5. The summed E-state index contributed by atoms with van der Waals surface area (Å²) in [5.74, 6) is -1.82. The molecule has 0 atom stereocenters. The van der Waals surface area contributed by atoms with Crippen LogP contribution in [0.2, 0.25) is 0 Å². The molecule has 0 aliphatic carbocycles. The standard InChI is InChI=1S/C17H13F2N5O/c18-13-1-2-15(14(19)7-13)24-16(25)12-9-22-17(23-10-12)21-8-11-3-5-20-6-4-11/h1-7,9-10H,8H2,(H,24,25)(H,21,22,23). The first-order valence-electron chi connectivity index (χ1n) is 7.33. The largest absolute Gasteiger partial charge is 0.350 e. The molecule has 6 nitrogen and oxygen atoms in total. The molecule has 0 unspecified atom stereocenters. The Bertz CT molecular complexity index is 872. The Morgan fingerprint density at radius 3 is 2.44 bits per heavy atom. The molecule has 0 aliphatic heterocycles. The van der Waals surface area contributed by atoms with E-state index in [0.717, 1.165) is 17.7 Å². The minimum absolute atomic E-state index is 0.119. The maximum Gasteiger partial charge on any atom is 0.258 e. The molecule has 1 amide bonds. The van der Waals surface area contributed by atoms with E-state index in [2.05, 4.69) is 25.6 Å². The van der Waals surface area contributed by atoms with Gasteiger partial charge < -0.3 is 10.6 Å². The number of aromatic nitrogens is 3. The number of hydrogen-bond donors (Lipinski definition) is 2. The minimum Gasteiger partial charge on any atom is -0.350 e. The van der Waals surface area contributed by atoms with Crippen molar-refractivity contribution in [3.63, 3.8) is 0 Å². The number of carbonyl (C=O) groups is 1. The average Bonchev–Trinajstić information content (AvgIpc) is 2.63. The summed E-state index contributed by atoms with van der Waals surface area (Å²) in [6, 6.07) is 6.60. The van der Waals surface area contributed by atoms with Crippen LogP contribution in [-0.4, -0.2) is 20.9 Å². The summed E-state index contributed by atoms with van der Waals surface area (Å²) >= 11 is 0. The third-order valence-electron chi connectivity index (χ3n) is 3.29. The van der Waals surface area contributed by atoms with Gasteiger partial charge in [-0.25, -0.2) is 18.7 Å². The summed E-state index contributed by atoms with van der Waals surface area (Å²) in [6.07, 6.45) is 6.00. The van der Waals surface area contributed by atoms with Crippen molar-refractivity contribution in [3.05, 3.63) is 77.9 Å². The lowest BCUT2D eigenvalue weighted by Gasteiger charge is -2.07. The summed E-state index contributed by atoms with van der Waals surface area (Å²) in [4.78, 5) is 24.1. The molecule has 2 N–H and O–H groups in total. The van der Waals surface area contributed by atoms with Gasteiger partial charge in [-0.2, -0.15) is 0 Å². The van der Waals surface area contributed by atoms with E-state index < -0.39 is 17.5 Å². The van der Waals surface area contributed by atoms with E-state index in [1.807, 2.05) is 12.1 Å². The van der Waals surface area contributed by atoms with Crippen molar-refractivity contribution in [2.24, 2.45) is 0 Å². The molecule has 126 valence electrons. The Labute approximate surface area is 142 Å². The van der Waals surface area contributed by atoms with E-state index in [0.29, 0.717) is 18.6 Å². The van der Waals surface area contributed by atoms with E-state index in [1.54, 1.807) is 12.4 Å². The Kier molecular flexibility index (Phi) is 4.89. The van der Waals surface area contributed by atoms with Crippen LogP contribution in [0.1, 0.15) is 15.9 Å².